The Morgan fingerprint density at radius 2 is 1.59 bits per heavy atom. The van der Waals surface area contributed by atoms with Crippen molar-refractivity contribution in [2.75, 3.05) is 5.32 Å². The van der Waals surface area contributed by atoms with Gasteiger partial charge in [-0.05, 0) is 81.0 Å². The molecule has 0 radical (unpaired) electrons. The van der Waals surface area contributed by atoms with Crippen LogP contribution in [0.25, 0.3) is 11.0 Å². The number of anilines is 2. The van der Waals surface area contributed by atoms with E-state index in [1.54, 1.807) is 0 Å². The molecule has 3 heteroatoms. The van der Waals surface area contributed by atoms with E-state index >= 15 is 0 Å². The van der Waals surface area contributed by atoms with Crippen molar-refractivity contribution in [2.45, 2.75) is 72.3 Å². The van der Waals surface area contributed by atoms with Crippen molar-refractivity contribution in [1.82, 2.24) is 9.55 Å². The van der Waals surface area contributed by atoms with Gasteiger partial charge < -0.3 is 9.88 Å². The molecule has 3 aromatic rings. The van der Waals surface area contributed by atoms with Crippen LogP contribution in [-0.4, -0.2) is 9.55 Å². The van der Waals surface area contributed by atoms with E-state index in [0.29, 0.717) is 6.04 Å². The molecule has 0 spiro atoms. The maximum Gasteiger partial charge on any atom is 0.142 e. The Morgan fingerprint density at radius 3 is 2.19 bits per heavy atom. The second kappa shape index (κ2) is 9.07. The molecule has 0 bridgehead atoms. The zero-order valence-corrected chi connectivity index (χ0v) is 17.3. The average Bonchev–Trinajstić information content (AvgIpc) is 3.08. The standard InChI is InChI=1S/C24H33N3/c1-5-7-9-19-15-20(10-8-6-2)17-22(16-19)25-23-12-11-21-13-14-27(18(3)4)24(21)26-23/h11-18H,5-10H2,1-4H3,(H,25,26). The van der Waals surface area contributed by atoms with Gasteiger partial charge in [0.25, 0.3) is 0 Å². The van der Waals surface area contributed by atoms with E-state index in [2.05, 4.69) is 80.2 Å². The van der Waals surface area contributed by atoms with Gasteiger partial charge in [-0.15, -0.1) is 0 Å². The lowest BCUT2D eigenvalue weighted by atomic mass is 10.0. The van der Waals surface area contributed by atoms with Crippen LogP contribution in [0.15, 0.2) is 42.6 Å². The van der Waals surface area contributed by atoms with Crippen molar-refractivity contribution < 1.29 is 0 Å². The lowest BCUT2D eigenvalue weighted by Gasteiger charge is -2.13. The molecule has 0 saturated heterocycles. The number of fused-ring (bicyclic) bond motifs is 1. The number of rotatable bonds is 9. The highest BCUT2D eigenvalue weighted by Gasteiger charge is 2.08. The van der Waals surface area contributed by atoms with Gasteiger partial charge in [0.05, 0.1) is 0 Å². The number of hydrogen-bond donors (Lipinski definition) is 1. The fourth-order valence-corrected chi connectivity index (χ4v) is 3.55. The summed E-state index contributed by atoms with van der Waals surface area (Å²) in [6.45, 7) is 8.89. The Bertz CT molecular complexity index is 850. The average molecular weight is 364 g/mol. The third kappa shape index (κ3) is 4.91. The summed E-state index contributed by atoms with van der Waals surface area (Å²) in [5.74, 6) is 0.914. The summed E-state index contributed by atoms with van der Waals surface area (Å²) in [5, 5.41) is 4.75. The van der Waals surface area contributed by atoms with Crippen molar-refractivity contribution >= 4 is 22.5 Å². The predicted molar refractivity (Wildman–Crippen MR) is 117 cm³/mol. The summed E-state index contributed by atoms with van der Waals surface area (Å²) in [6, 6.07) is 13.7. The topological polar surface area (TPSA) is 29.9 Å². The Balaban J connectivity index is 1.88. The second-order valence-electron chi connectivity index (χ2n) is 7.80. The molecule has 1 aromatic carbocycles. The van der Waals surface area contributed by atoms with Crippen LogP contribution in [0, 0.1) is 0 Å². The molecule has 3 rings (SSSR count). The Morgan fingerprint density at radius 1 is 0.926 bits per heavy atom. The highest BCUT2D eigenvalue weighted by Crippen LogP contribution is 2.24. The van der Waals surface area contributed by atoms with Crippen LogP contribution in [0.5, 0.6) is 0 Å². The van der Waals surface area contributed by atoms with Gasteiger partial charge in [0, 0.05) is 23.3 Å². The molecule has 2 aromatic heterocycles. The van der Waals surface area contributed by atoms with E-state index in [0.717, 1.165) is 30.0 Å². The highest BCUT2D eigenvalue weighted by atomic mass is 15.1. The first-order chi connectivity index (χ1) is 13.1. The van der Waals surface area contributed by atoms with E-state index in [4.69, 9.17) is 4.98 Å². The Kier molecular flexibility index (Phi) is 6.54. The lowest BCUT2D eigenvalue weighted by molar-refractivity contribution is 0.618. The monoisotopic (exact) mass is 363 g/mol. The molecular weight excluding hydrogens is 330 g/mol. The van der Waals surface area contributed by atoms with Gasteiger partial charge in [-0.3, -0.25) is 0 Å². The van der Waals surface area contributed by atoms with Gasteiger partial charge in [0.2, 0.25) is 0 Å². The molecule has 0 aliphatic rings. The summed E-state index contributed by atoms with van der Waals surface area (Å²) in [6.07, 6.45) is 9.35. The van der Waals surface area contributed by atoms with Gasteiger partial charge >= 0.3 is 0 Å². The van der Waals surface area contributed by atoms with Crippen LogP contribution in [0.1, 0.15) is 70.5 Å². The molecule has 0 amide bonds. The van der Waals surface area contributed by atoms with Crippen LogP contribution in [0.3, 0.4) is 0 Å². The zero-order valence-electron chi connectivity index (χ0n) is 17.3. The maximum absolute atomic E-state index is 4.89. The SMILES string of the molecule is CCCCc1cc(CCCC)cc(Nc2ccc3ccn(C(C)C)c3n2)c1. The van der Waals surface area contributed by atoms with Crippen molar-refractivity contribution in [3.63, 3.8) is 0 Å². The Labute approximate surface area is 163 Å². The molecule has 0 saturated carbocycles. The molecular formula is C24H33N3. The molecule has 3 nitrogen and oxygen atoms in total. The van der Waals surface area contributed by atoms with E-state index in [9.17, 15) is 0 Å². The predicted octanol–water partition coefficient (Wildman–Crippen LogP) is 7.05. The lowest BCUT2D eigenvalue weighted by Crippen LogP contribution is -2.02. The number of hydrogen-bond acceptors (Lipinski definition) is 2. The third-order valence-corrected chi connectivity index (χ3v) is 5.08. The summed E-state index contributed by atoms with van der Waals surface area (Å²) in [5.41, 5.74) is 5.06. The molecule has 0 fully saturated rings. The number of unbranched alkanes of at least 4 members (excludes halogenated alkanes) is 2. The van der Waals surface area contributed by atoms with Crippen molar-refractivity contribution in [3.8, 4) is 0 Å². The van der Waals surface area contributed by atoms with E-state index in [1.807, 2.05) is 0 Å². The minimum atomic E-state index is 0.406. The molecule has 0 unspecified atom stereocenters. The largest absolute Gasteiger partial charge is 0.340 e. The fraction of sp³-hybridized carbons (Fsp3) is 0.458. The van der Waals surface area contributed by atoms with Gasteiger partial charge in [-0.2, -0.15) is 0 Å². The van der Waals surface area contributed by atoms with Crippen molar-refractivity contribution in [3.05, 3.63) is 53.7 Å². The van der Waals surface area contributed by atoms with Crippen molar-refractivity contribution in [1.29, 1.82) is 0 Å². The molecule has 144 valence electrons. The fourth-order valence-electron chi connectivity index (χ4n) is 3.55. The van der Waals surface area contributed by atoms with Gasteiger partial charge in [-0.25, -0.2) is 4.98 Å². The first kappa shape index (κ1) is 19.5. The Hall–Kier alpha value is -2.29. The van der Waals surface area contributed by atoms with Crippen LogP contribution in [0.4, 0.5) is 11.5 Å². The summed E-state index contributed by atoms with van der Waals surface area (Å²) >= 11 is 0. The number of benzene rings is 1. The van der Waals surface area contributed by atoms with Gasteiger partial charge in [0.15, 0.2) is 0 Å². The quantitative estimate of drug-likeness (QED) is 0.441. The third-order valence-electron chi connectivity index (χ3n) is 5.08. The molecule has 2 heterocycles. The number of pyridine rings is 1. The van der Waals surface area contributed by atoms with E-state index in [-0.39, 0.29) is 0 Å². The number of nitrogens with one attached hydrogen (secondary N) is 1. The first-order valence-corrected chi connectivity index (χ1v) is 10.5. The zero-order chi connectivity index (χ0) is 19.2. The van der Waals surface area contributed by atoms with Crippen molar-refractivity contribution in [2.24, 2.45) is 0 Å². The van der Waals surface area contributed by atoms with Gasteiger partial charge in [0.1, 0.15) is 11.5 Å². The molecule has 0 aliphatic heterocycles. The van der Waals surface area contributed by atoms with E-state index in [1.165, 1.54) is 42.2 Å². The van der Waals surface area contributed by atoms with Crippen LogP contribution in [-0.2, 0) is 12.8 Å². The van der Waals surface area contributed by atoms with Crippen LogP contribution in [0.2, 0.25) is 0 Å². The maximum atomic E-state index is 4.89. The first-order valence-electron chi connectivity index (χ1n) is 10.5. The van der Waals surface area contributed by atoms with E-state index < -0.39 is 0 Å². The number of aryl methyl sites for hydroxylation is 2. The van der Waals surface area contributed by atoms with Crippen LogP contribution >= 0.6 is 0 Å². The molecule has 0 atom stereocenters. The minimum Gasteiger partial charge on any atom is -0.340 e. The normalized spacial score (nSPS) is 11.4. The number of nitrogens with zero attached hydrogens (tertiary/aromatic N) is 2. The van der Waals surface area contributed by atoms with Gasteiger partial charge in [-0.1, -0.05) is 32.8 Å². The smallest absolute Gasteiger partial charge is 0.142 e. The molecule has 0 aliphatic carbocycles. The highest BCUT2D eigenvalue weighted by molar-refractivity contribution is 5.79. The summed E-state index contributed by atoms with van der Waals surface area (Å²) in [4.78, 5) is 4.89. The minimum absolute atomic E-state index is 0.406. The van der Waals surface area contributed by atoms with Crippen LogP contribution < -0.4 is 5.32 Å². The molecule has 1 N–H and O–H groups in total. The number of aromatic nitrogens is 2. The second-order valence-corrected chi connectivity index (χ2v) is 7.80. The molecule has 27 heavy (non-hydrogen) atoms. The summed E-state index contributed by atoms with van der Waals surface area (Å²) in [7, 11) is 0. The summed E-state index contributed by atoms with van der Waals surface area (Å²) < 4.78 is 2.23.